The molecule has 4 atom stereocenters. The van der Waals surface area contributed by atoms with E-state index in [-0.39, 0.29) is 0 Å². The first-order chi connectivity index (χ1) is 6.74. The summed E-state index contributed by atoms with van der Waals surface area (Å²) in [6, 6.07) is 0. The molecule has 0 radical (unpaired) electrons. The van der Waals surface area contributed by atoms with E-state index in [1.54, 1.807) is 0 Å². The molecule has 0 N–H and O–H groups in total. The summed E-state index contributed by atoms with van der Waals surface area (Å²) in [5.74, 6) is 8.02. The molecule has 2 aliphatic carbocycles. The van der Waals surface area contributed by atoms with Gasteiger partial charge in [0, 0.05) is 22.5 Å². The molecule has 78 valence electrons. The van der Waals surface area contributed by atoms with E-state index in [1.165, 1.54) is 25.7 Å². The summed E-state index contributed by atoms with van der Waals surface area (Å²) in [6.07, 6.45) is 7.14. The quantitative estimate of drug-likeness (QED) is 0.366. The van der Waals surface area contributed by atoms with Crippen molar-refractivity contribution in [3.8, 4) is 11.8 Å². The second-order valence-corrected chi connectivity index (χ2v) is 5.91. The van der Waals surface area contributed by atoms with E-state index >= 15 is 0 Å². The van der Waals surface area contributed by atoms with E-state index in [0.717, 1.165) is 12.8 Å². The van der Waals surface area contributed by atoms with Crippen molar-refractivity contribution in [3.05, 3.63) is 0 Å². The minimum atomic E-state index is 0.385. The SMILES string of the molecule is SC1CCC(C#CC2CCC(Cl)C2)C1. The number of thiol groups is 1. The second kappa shape index (κ2) is 4.81. The van der Waals surface area contributed by atoms with Crippen molar-refractivity contribution in [2.24, 2.45) is 11.8 Å². The minimum Gasteiger partial charge on any atom is -0.176 e. The lowest BCUT2D eigenvalue weighted by Gasteiger charge is -2.00. The minimum absolute atomic E-state index is 0.385. The van der Waals surface area contributed by atoms with E-state index in [0.29, 0.717) is 22.5 Å². The van der Waals surface area contributed by atoms with Gasteiger partial charge < -0.3 is 0 Å². The van der Waals surface area contributed by atoms with Gasteiger partial charge in [0.05, 0.1) is 0 Å². The van der Waals surface area contributed by atoms with Crippen LogP contribution in [0.3, 0.4) is 0 Å². The van der Waals surface area contributed by atoms with Gasteiger partial charge in [-0.25, -0.2) is 0 Å². The standard InChI is InChI=1S/C12H17ClS/c13-11-5-3-9(7-11)1-2-10-4-6-12(14)8-10/h9-12,14H,3-8H2. The fourth-order valence-corrected chi connectivity index (χ4v) is 3.13. The second-order valence-electron chi connectivity index (χ2n) is 4.56. The molecule has 2 fully saturated rings. The Morgan fingerprint density at radius 3 is 2.07 bits per heavy atom. The molecule has 0 heterocycles. The van der Waals surface area contributed by atoms with Crippen molar-refractivity contribution >= 4 is 24.2 Å². The number of hydrogen-bond acceptors (Lipinski definition) is 1. The molecule has 2 saturated carbocycles. The number of rotatable bonds is 0. The Kier molecular flexibility index (Phi) is 3.68. The average molecular weight is 229 g/mol. The average Bonchev–Trinajstić information content (AvgIpc) is 2.72. The van der Waals surface area contributed by atoms with Gasteiger partial charge in [-0.3, -0.25) is 0 Å². The van der Waals surface area contributed by atoms with E-state index in [1.807, 2.05) is 0 Å². The van der Waals surface area contributed by atoms with Crippen LogP contribution in [0.4, 0.5) is 0 Å². The van der Waals surface area contributed by atoms with Crippen LogP contribution in [-0.4, -0.2) is 10.6 Å². The third kappa shape index (κ3) is 2.84. The lowest BCUT2D eigenvalue weighted by molar-refractivity contribution is 0.687. The van der Waals surface area contributed by atoms with Crippen LogP contribution in [0, 0.1) is 23.7 Å². The predicted molar refractivity (Wildman–Crippen MR) is 64.9 cm³/mol. The van der Waals surface area contributed by atoms with Gasteiger partial charge in [-0.1, -0.05) is 11.8 Å². The van der Waals surface area contributed by atoms with Gasteiger partial charge in [-0.15, -0.1) is 11.6 Å². The van der Waals surface area contributed by atoms with E-state index in [4.69, 9.17) is 11.6 Å². The first-order valence-electron chi connectivity index (χ1n) is 5.57. The summed E-state index contributed by atoms with van der Waals surface area (Å²) >= 11 is 10.5. The van der Waals surface area contributed by atoms with Gasteiger partial charge in [0.1, 0.15) is 0 Å². The lowest BCUT2D eigenvalue weighted by atomic mass is 10.1. The van der Waals surface area contributed by atoms with Gasteiger partial charge >= 0.3 is 0 Å². The van der Waals surface area contributed by atoms with Crippen molar-refractivity contribution in [1.82, 2.24) is 0 Å². The zero-order valence-corrected chi connectivity index (χ0v) is 10.0. The topological polar surface area (TPSA) is 0 Å². The molecular formula is C12H17ClS. The van der Waals surface area contributed by atoms with Crippen molar-refractivity contribution in [1.29, 1.82) is 0 Å². The molecule has 0 aromatic carbocycles. The maximum Gasteiger partial charge on any atom is 0.0348 e. The molecular weight excluding hydrogens is 212 g/mol. The summed E-state index contributed by atoms with van der Waals surface area (Å²) < 4.78 is 0. The number of halogens is 1. The summed E-state index contributed by atoms with van der Waals surface area (Å²) in [4.78, 5) is 0. The normalized spacial score (nSPS) is 42.1. The first-order valence-corrected chi connectivity index (χ1v) is 6.52. The Hall–Kier alpha value is 0.200. The molecule has 2 rings (SSSR count). The smallest absolute Gasteiger partial charge is 0.0348 e. The highest BCUT2D eigenvalue weighted by atomic mass is 35.5. The van der Waals surface area contributed by atoms with Crippen LogP contribution in [0.1, 0.15) is 38.5 Å². The van der Waals surface area contributed by atoms with Crippen molar-refractivity contribution < 1.29 is 0 Å². The van der Waals surface area contributed by atoms with Crippen LogP contribution < -0.4 is 0 Å². The zero-order valence-electron chi connectivity index (χ0n) is 8.38. The maximum atomic E-state index is 6.05. The Morgan fingerprint density at radius 2 is 1.57 bits per heavy atom. The lowest BCUT2D eigenvalue weighted by Crippen LogP contribution is -1.95. The van der Waals surface area contributed by atoms with Crippen molar-refractivity contribution in [3.63, 3.8) is 0 Å². The van der Waals surface area contributed by atoms with Crippen LogP contribution in [-0.2, 0) is 0 Å². The van der Waals surface area contributed by atoms with E-state index in [2.05, 4.69) is 24.5 Å². The van der Waals surface area contributed by atoms with Crippen molar-refractivity contribution in [2.75, 3.05) is 0 Å². The van der Waals surface area contributed by atoms with E-state index in [9.17, 15) is 0 Å². The molecule has 2 aliphatic rings. The highest BCUT2D eigenvalue weighted by Gasteiger charge is 2.23. The van der Waals surface area contributed by atoms with Crippen LogP contribution in [0.15, 0.2) is 0 Å². The maximum absolute atomic E-state index is 6.05. The first kappa shape index (κ1) is 10.7. The molecule has 4 unspecified atom stereocenters. The molecule has 0 amide bonds. The molecule has 0 aliphatic heterocycles. The molecule has 0 bridgehead atoms. The van der Waals surface area contributed by atoms with Gasteiger partial charge in [0.25, 0.3) is 0 Å². The Bertz CT molecular complexity index is 229. The molecule has 0 saturated heterocycles. The van der Waals surface area contributed by atoms with Gasteiger partial charge in [0.15, 0.2) is 0 Å². The van der Waals surface area contributed by atoms with Crippen LogP contribution >= 0.6 is 24.2 Å². The van der Waals surface area contributed by atoms with Crippen LogP contribution in [0.25, 0.3) is 0 Å². The van der Waals surface area contributed by atoms with Crippen LogP contribution in [0.2, 0.25) is 0 Å². The fraction of sp³-hybridized carbons (Fsp3) is 0.833. The van der Waals surface area contributed by atoms with Crippen molar-refractivity contribution in [2.45, 2.75) is 49.2 Å². The monoisotopic (exact) mass is 228 g/mol. The molecule has 14 heavy (non-hydrogen) atoms. The van der Waals surface area contributed by atoms with Gasteiger partial charge in [-0.2, -0.15) is 12.6 Å². The van der Waals surface area contributed by atoms with Gasteiger partial charge in [0.2, 0.25) is 0 Å². The highest BCUT2D eigenvalue weighted by molar-refractivity contribution is 7.80. The third-order valence-corrected chi connectivity index (χ3v) is 4.13. The summed E-state index contributed by atoms with van der Waals surface area (Å²) in [5, 5.41) is 0.981. The number of alkyl halides is 1. The summed E-state index contributed by atoms with van der Waals surface area (Å²) in [6.45, 7) is 0. The third-order valence-electron chi connectivity index (χ3n) is 3.27. The molecule has 0 spiro atoms. The Labute approximate surface area is 97.2 Å². The van der Waals surface area contributed by atoms with Crippen LogP contribution in [0.5, 0.6) is 0 Å². The highest BCUT2D eigenvalue weighted by Crippen LogP contribution is 2.31. The largest absolute Gasteiger partial charge is 0.176 e. The van der Waals surface area contributed by atoms with E-state index < -0.39 is 0 Å². The molecule has 0 aromatic rings. The Balaban J connectivity index is 1.82. The molecule has 0 nitrogen and oxygen atoms in total. The molecule has 2 heteroatoms. The fourth-order valence-electron chi connectivity index (χ4n) is 2.38. The zero-order chi connectivity index (χ0) is 9.97. The summed E-state index contributed by atoms with van der Waals surface area (Å²) in [5.41, 5.74) is 0. The predicted octanol–water partition coefficient (Wildman–Crippen LogP) is 3.50. The Morgan fingerprint density at radius 1 is 0.929 bits per heavy atom. The molecule has 0 aromatic heterocycles. The summed E-state index contributed by atoms with van der Waals surface area (Å²) in [7, 11) is 0. The van der Waals surface area contributed by atoms with Gasteiger partial charge in [-0.05, 0) is 38.5 Å². The number of hydrogen-bond donors (Lipinski definition) is 1.